The van der Waals surface area contributed by atoms with Crippen LogP contribution in [-0.2, 0) is 16.1 Å². The van der Waals surface area contributed by atoms with E-state index in [2.05, 4.69) is 10.9 Å². The summed E-state index contributed by atoms with van der Waals surface area (Å²) in [7, 11) is 0. The highest BCUT2D eigenvalue weighted by Gasteiger charge is 2.11. The number of hydrogen-bond donors (Lipinski definition) is 0. The molecule has 6 heteroatoms. The number of rotatable bonds is 5. The Bertz CT molecular complexity index is 1150. The predicted octanol–water partition coefficient (Wildman–Crippen LogP) is 3.65. The maximum atomic E-state index is 12.3. The van der Waals surface area contributed by atoms with Crippen LogP contribution >= 0.6 is 11.3 Å². The van der Waals surface area contributed by atoms with E-state index >= 15 is 0 Å². The average molecular weight is 390 g/mol. The highest BCUT2D eigenvalue weighted by atomic mass is 32.1. The first-order chi connectivity index (χ1) is 13.6. The minimum absolute atomic E-state index is 0.271. The third kappa shape index (κ3) is 4.45. The Morgan fingerprint density at radius 3 is 2.75 bits per heavy atom. The van der Waals surface area contributed by atoms with Gasteiger partial charge in [0, 0.05) is 6.08 Å². The number of fused-ring (bicyclic) bond motifs is 1. The molecule has 0 aliphatic heterocycles. The molecule has 0 atom stereocenters. The first-order valence-corrected chi connectivity index (χ1v) is 9.50. The van der Waals surface area contributed by atoms with Crippen molar-refractivity contribution >= 4 is 39.5 Å². The summed E-state index contributed by atoms with van der Waals surface area (Å²) < 4.78 is 7.63. The van der Waals surface area contributed by atoms with E-state index in [1.165, 1.54) is 17.4 Å². The van der Waals surface area contributed by atoms with Crippen molar-refractivity contribution < 1.29 is 14.3 Å². The van der Waals surface area contributed by atoms with E-state index in [0.29, 0.717) is 17.0 Å². The maximum Gasteiger partial charge on any atom is 0.338 e. The molecule has 1 heterocycles. The van der Waals surface area contributed by atoms with Crippen LogP contribution in [0.3, 0.4) is 0 Å². The van der Waals surface area contributed by atoms with E-state index in [0.717, 1.165) is 15.8 Å². The van der Waals surface area contributed by atoms with Crippen LogP contribution in [0.2, 0.25) is 0 Å². The van der Waals surface area contributed by atoms with Gasteiger partial charge in [-0.15, -0.1) is 6.42 Å². The fraction of sp³-hybridized carbons (Fsp3) is 0.136. The molecular formula is C22H18N2O3S. The summed E-state index contributed by atoms with van der Waals surface area (Å²) in [6.45, 7) is 2.34. The molecule has 0 unspecified atom stereocenters. The van der Waals surface area contributed by atoms with E-state index < -0.39 is 0 Å². The van der Waals surface area contributed by atoms with Crippen molar-refractivity contribution in [1.29, 1.82) is 0 Å². The Morgan fingerprint density at radius 2 is 2.04 bits per heavy atom. The number of aromatic nitrogens is 1. The number of amides is 1. The van der Waals surface area contributed by atoms with Gasteiger partial charge in [0.05, 0.1) is 28.9 Å². The Balaban J connectivity index is 1.99. The normalized spacial score (nSPS) is 11.6. The summed E-state index contributed by atoms with van der Waals surface area (Å²) in [4.78, 5) is 28.9. The molecule has 3 rings (SSSR count). The molecule has 0 aliphatic rings. The van der Waals surface area contributed by atoms with Crippen molar-refractivity contribution in [3.8, 4) is 12.3 Å². The lowest BCUT2D eigenvalue weighted by atomic mass is 10.2. The lowest BCUT2D eigenvalue weighted by molar-refractivity contribution is -0.113. The molecule has 0 saturated heterocycles. The van der Waals surface area contributed by atoms with Gasteiger partial charge >= 0.3 is 5.97 Å². The summed E-state index contributed by atoms with van der Waals surface area (Å²) in [6.07, 6.45) is 8.61. The van der Waals surface area contributed by atoms with Gasteiger partial charge in [-0.2, -0.15) is 4.99 Å². The quantitative estimate of drug-likeness (QED) is 0.380. The minimum Gasteiger partial charge on any atom is -0.462 e. The Labute approximate surface area is 166 Å². The van der Waals surface area contributed by atoms with Crippen LogP contribution in [0, 0.1) is 12.3 Å². The van der Waals surface area contributed by atoms with E-state index in [1.54, 1.807) is 35.8 Å². The van der Waals surface area contributed by atoms with Crippen LogP contribution < -0.4 is 4.80 Å². The largest absolute Gasteiger partial charge is 0.462 e. The van der Waals surface area contributed by atoms with Gasteiger partial charge < -0.3 is 9.30 Å². The third-order valence-corrected chi connectivity index (χ3v) is 4.91. The lowest BCUT2D eigenvalue weighted by Gasteiger charge is -2.02. The molecule has 0 radical (unpaired) electrons. The van der Waals surface area contributed by atoms with Crippen molar-refractivity contribution in [1.82, 2.24) is 4.57 Å². The van der Waals surface area contributed by atoms with Gasteiger partial charge in [0.25, 0.3) is 5.91 Å². The molecule has 0 saturated carbocycles. The summed E-state index contributed by atoms with van der Waals surface area (Å²) in [5.74, 6) is 1.81. The van der Waals surface area contributed by atoms with E-state index in [9.17, 15) is 9.59 Å². The monoisotopic (exact) mass is 390 g/mol. The first-order valence-electron chi connectivity index (χ1n) is 8.68. The second-order valence-electron chi connectivity index (χ2n) is 5.77. The Morgan fingerprint density at radius 1 is 1.25 bits per heavy atom. The van der Waals surface area contributed by atoms with Gasteiger partial charge in [-0.3, -0.25) is 4.79 Å². The van der Waals surface area contributed by atoms with Crippen LogP contribution in [0.25, 0.3) is 16.3 Å². The van der Waals surface area contributed by atoms with Crippen LogP contribution in [0.4, 0.5) is 0 Å². The van der Waals surface area contributed by atoms with Crippen molar-refractivity contribution in [2.75, 3.05) is 6.61 Å². The molecule has 0 fully saturated rings. The Hall–Kier alpha value is -3.43. The zero-order chi connectivity index (χ0) is 19.9. The number of benzene rings is 2. The van der Waals surface area contributed by atoms with Crippen LogP contribution in [-0.4, -0.2) is 23.1 Å². The van der Waals surface area contributed by atoms with Crippen molar-refractivity contribution in [2.45, 2.75) is 13.5 Å². The first kappa shape index (κ1) is 19.3. The highest BCUT2D eigenvalue weighted by molar-refractivity contribution is 7.16. The number of terminal acetylenes is 1. The molecule has 1 aromatic heterocycles. The molecule has 2 aromatic carbocycles. The van der Waals surface area contributed by atoms with Crippen molar-refractivity contribution in [3.05, 3.63) is 70.5 Å². The zero-order valence-corrected chi connectivity index (χ0v) is 16.1. The summed E-state index contributed by atoms with van der Waals surface area (Å²) in [5, 5.41) is 0. The second-order valence-corrected chi connectivity index (χ2v) is 6.78. The van der Waals surface area contributed by atoms with E-state index in [-0.39, 0.29) is 18.4 Å². The van der Waals surface area contributed by atoms with E-state index in [4.69, 9.17) is 11.2 Å². The maximum absolute atomic E-state index is 12.3. The summed E-state index contributed by atoms with van der Waals surface area (Å²) in [5.41, 5.74) is 2.18. The van der Waals surface area contributed by atoms with Gasteiger partial charge in [0.1, 0.15) is 0 Å². The van der Waals surface area contributed by atoms with Crippen molar-refractivity contribution in [2.24, 2.45) is 4.99 Å². The molecule has 5 nitrogen and oxygen atoms in total. The second kappa shape index (κ2) is 8.98. The summed E-state index contributed by atoms with van der Waals surface area (Å²) in [6, 6.07) is 14.7. The molecule has 0 aliphatic carbocycles. The van der Waals surface area contributed by atoms with Gasteiger partial charge in [-0.05, 0) is 36.8 Å². The van der Waals surface area contributed by atoms with Crippen LogP contribution in [0.15, 0.2) is 59.6 Å². The highest BCUT2D eigenvalue weighted by Crippen LogP contribution is 2.20. The van der Waals surface area contributed by atoms with Gasteiger partial charge in [0.2, 0.25) is 0 Å². The molecule has 140 valence electrons. The number of carbonyl (C=O) groups excluding carboxylic acids is 2. The smallest absolute Gasteiger partial charge is 0.338 e. The zero-order valence-electron chi connectivity index (χ0n) is 15.3. The van der Waals surface area contributed by atoms with E-state index in [1.807, 2.05) is 30.3 Å². The minimum atomic E-state index is -0.387. The van der Waals surface area contributed by atoms with Gasteiger partial charge in [-0.25, -0.2) is 4.79 Å². The molecule has 0 N–H and O–H groups in total. The number of thiazole rings is 1. The number of esters is 1. The van der Waals surface area contributed by atoms with Crippen LogP contribution in [0.5, 0.6) is 0 Å². The standard InChI is InChI=1S/C22H18N2O3S/c1-3-14-24-18-12-11-17(21(26)27-4-2)15-19(18)28-22(24)23-20(25)13-10-16-8-6-5-7-9-16/h1,5-13,15H,4,14H2,2H3. The Kier molecular flexibility index (Phi) is 6.20. The molecular weight excluding hydrogens is 372 g/mol. The SMILES string of the molecule is C#CCn1c(=NC(=O)C=Cc2ccccc2)sc2cc(C(=O)OCC)ccc21. The number of nitrogens with zero attached hydrogens (tertiary/aromatic N) is 2. The molecule has 28 heavy (non-hydrogen) atoms. The lowest BCUT2D eigenvalue weighted by Crippen LogP contribution is -2.15. The van der Waals surface area contributed by atoms with Crippen LogP contribution in [0.1, 0.15) is 22.8 Å². The topological polar surface area (TPSA) is 60.7 Å². The molecule has 0 spiro atoms. The van der Waals surface area contributed by atoms with Gasteiger partial charge in [0.15, 0.2) is 4.80 Å². The summed E-state index contributed by atoms with van der Waals surface area (Å²) >= 11 is 1.30. The molecule has 1 amide bonds. The van der Waals surface area contributed by atoms with Crippen molar-refractivity contribution in [3.63, 3.8) is 0 Å². The fourth-order valence-electron chi connectivity index (χ4n) is 2.61. The number of carbonyl (C=O) groups is 2. The fourth-order valence-corrected chi connectivity index (χ4v) is 3.68. The molecule has 0 bridgehead atoms. The predicted molar refractivity (Wildman–Crippen MR) is 111 cm³/mol. The van der Waals surface area contributed by atoms with Gasteiger partial charge in [-0.1, -0.05) is 47.6 Å². The molecule has 3 aromatic rings. The number of ether oxygens (including phenoxy) is 1. The third-order valence-electron chi connectivity index (χ3n) is 3.87. The number of hydrogen-bond acceptors (Lipinski definition) is 4. The average Bonchev–Trinajstić information content (AvgIpc) is 3.04.